The van der Waals surface area contributed by atoms with Gasteiger partial charge in [0.25, 0.3) is 0 Å². The van der Waals surface area contributed by atoms with Gasteiger partial charge < -0.3 is 4.57 Å². The molecular formula is C59H34N6S2. The number of hydrogen-bond donors (Lipinski definition) is 0. The Balaban J connectivity index is 1.07. The van der Waals surface area contributed by atoms with Crippen molar-refractivity contribution in [1.82, 2.24) is 28.7 Å². The van der Waals surface area contributed by atoms with E-state index in [-0.39, 0.29) is 0 Å². The Bertz CT molecular complexity index is 4500. The van der Waals surface area contributed by atoms with E-state index in [9.17, 15) is 0 Å². The second-order valence-corrected chi connectivity index (χ2v) is 19.3. The quantitative estimate of drug-likeness (QED) is 0.173. The van der Waals surface area contributed by atoms with Crippen molar-refractivity contribution in [1.29, 1.82) is 0 Å². The molecule has 0 aliphatic carbocycles. The zero-order chi connectivity index (χ0) is 43.7. The van der Waals surface area contributed by atoms with Crippen LogP contribution in [0.3, 0.4) is 0 Å². The van der Waals surface area contributed by atoms with Gasteiger partial charge in [-0.2, -0.15) is 0 Å². The molecule has 0 fully saturated rings. The summed E-state index contributed by atoms with van der Waals surface area (Å²) in [4.78, 5) is 14.8. The van der Waals surface area contributed by atoms with Crippen molar-refractivity contribution < 1.29 is 0 Å². The van der Waals surface area contributed by atoms with Crippen LogP contribution in [0.15, 0.2) is 207 Å². The van der Waals surface area contributed by atoms with Gasteiger partial charge in [-0.25, -0.2) is 4.98 Å². The molecule has 67 heavy (non-hydrogen) atoms. The van der Waals surface area contributed by atoms with Crippen LogP contribution in [0.25, 0.3) is 135 Å². The first-order valence-corrected chi connectivity index (χ1v) is 24.0. The zero-order valence-corrected chi connectivity index (χ0v) is 37.3. The first kappa shape index (κ1) is 36.9. The van der Waals surface area contributed by atoms with Crippen LogP contribution in [-0.2, 0) is 0 Å². The highest BCUT2D eigenvalue weighted by atomic mass is 32.1. The molecule has 7 aromatic heterocycles. The Morgan fingerprint density at radius 1 is 0.388 bits per heavy atom. The molecule has 0 aliphatic rings. The summed E-state index contributed by atoms with van der Waals surface area (Å²) in [7, 11) is 0. The number of benzene rings is 8. The van der Waals surface area contributed by atoms with Gasteiger partial charge in [0.2, 0.25) is 5.95 Å². The Morgan fingerprint density at radius 2 is 1.19 bits per heavy atom. The minimum absolute atomic E-state index is 0.854. The molecular weight excluding hydrogens is 857 g/mol. The fourth-order valence-electron chi connectivity index (χ4n) is 10.7. The predicted molar refractivity (Wildman–Crippen MR) is 282 cm³/mol. The highest BCUT2D eigenvalue weighted by Crippen LogP contribution is 2.48. The summed E-state index contributed by atoms with van der Waals surface area (Å²) in [6.45, 7) is 0. The summed E-state index contributed by atoms with van der Waals surface area (Å²) in [6.07, 6.45) is 5.66. The molecule has 0 N–H and O–H groups in total. The summed E-state index contributed by atoms with van der Waals surface area (Å²) in [6, 6.07) is 68.2. The van der Waals surface area contributed by atoms with Gasteiger partial charge in [0.05, 0.1) is 50.7 Å². The lowest BCUT2D eigenvalue weighted by Crippen LogP contribution is -2.05. The molecule has 7 heterocycles. The summed E-state index contributed by atoms with van der Waals surface area (Å²) in [5.74, 6) is 0.854. The van der Waals surface area contributed by atoms with Crippen LogP contribution in [0, 0.1) is 0 Å². The van der Waals surface area contributed by atoms with Gasteiger partial charge >= 0.3 is 0 Å². The Labute approximate surface area is 390 Å². The van der Waals surface area contributed by atoms with Crippen molar-refractivity contribution in [2.45, 2.75) is 0 Å². The maximum atomic E-state index is 5.50. The van der Waals surface area contributed by atoms with Crippen molar-refractivity contribution in [2.75, 3.05) is 0 Å². The third-order valence-electron chi connectivity index (χ3n) is 13.6. The van der Waals surface area contributed by atoms with Crippen LogP contribution >= 0.6 is 22.7 Å². The van der Waals surface area contributed by atoms with Crippen LogP contribution in [0.1, 0.15) is 0 Å². The van der Waals surface area contributed by atoms with Crippen LogP contribution < -0.4 is 0 Å². The van der Waals surface area contributed by atoms with E-state index in [1.165, 1.54) is 73.0 Å². The molecule has 6 nitrogen and oxygen atoms in total. The molecule has 0 atom stereocenters. The van der Waals surface area contributed by atoms with Crippen molar-refractivity contribution in [2.24, 2.45) is 0 Å². The van der Waals surface area contributed by atoms with Crippen molar-refractivity contribution in [3.8, 4) is 39.7 Å². The molecule has 0 saturated heterocycles. The van der Waals surface area contributed by atoms with E-state index in [4.69, 9.17) is 9.97 Å². The Morgan fingerprint density at radius 3 is 2.10 bits per heavy atom. The van der Waals surface area contributed by atoms with Crippen LogP contribution in [-0.4, -0.2) is 28.7 Å². The lowest BCUT2D eigenvalue weighted by Gasteiger charge is -2.13. The molecule has 0 radical (unpaired) electrons. The third kappa shape index (κ3) is 5.33. The average Bonchev–Trinajstić information content (AvgIpc) is 4.20. The number of imidazole rings is 1. The number of fused-ring (bicyclic) bond motifs is 14. The Hall–Kier alpha value is -8.43. The molecule has 0 spiro atoms. The maximum absolute atomic E-state index is 5.50. The first-order chi connectivity index (χ1) is 33.2. The van der Waals surface area contributed by atoms with Crippen LogP contribution in [0.2, 0.25) is 0 Å². The average molecular weight is 891 g/mol. The fraction of sp³-hybridized carbons (Fsp3) is 0. The monoisotopic (exact) mass is 890 g/mol. The second kappa shape index (κ2) is 14.0. The van der Waals surface area contributed by atoms with E-state index in [2.05, 4.69) is 195 Å². The Kier molecular flexibility index (Phi) is 7.72. The maximum Gasteiger partial charge on any atom is 0.220 e. The molecule has 0 unspecified atom stereocenters. The SMILES string of the molecule is c1ccc(-n2c(-n3c4cc(-c5cccc6c5sc5ccccc56)ccc4c4c5c(ccc43)sc3cc4c(cc35)c3cc(-c5ccccn5)ccc3n4-c3cccnc3)nc3ccccc32)cc1. The number of pyridine rings is 2. The van der Waals surface area contributed by atoms with E-state index in [0.29, 0.717) is 0 Å². The van der Waals surface area contributed by atoms with Crippen LogP contribution in [0.4, 0.5) is 0 Å². The predicted octanol–water partition coefficient (Wildman–Crippen LogP) is 16.1. The largest absolute Gasteiger partial charge is 0.308 e. The number of aromatic nitrogens is 6. The zero-order valence-electron chi connectivity index (χ0n) is 35.6. The van der Waals surface area contributed by atoms with Gasteiger partial charge in [-0.3, -0.25) is 19.1 Å². The van der Waals surface area contributed by atoms with E-state index >= 15 is 0 Å². The minimum atomic E-state index is 0.854. The van der Waals surface area contributed by atoms with Gasteiger partial charge in [-0.05, 0) is 108 Å². The van der Waals surface area contributed by atoms with Crippen molar-refractivity contribution >= 4 is 118 Å². The fourth-order valence-corrected chi connectivity index (χ4v) is 13.1. The smallest absolute Gasteiger partial charge is 0.220 e. The molecule has 8 aromatic carbocycles. The molecule has 0 bridgehead atoms. The molecule has 0 aliphatic heterocycles. The summed E-state index contributed by atoms with van der Waals surface area (Å²) in [5, 5.41) is 9.86. The van der Waals surface area contributed by atoms with Gasteiger partial charge in [0, 0.05) is 85.5 Å². The topological polar surface area (TPSA) is 53.5 Å². The molecule has 15 rings (SSSR count). The lowest BCUT2D eigenvalue weighted by atomic mass is 9.99. The number of para-hydroxylation sites is 3. The highest BCUT2D eigenvalue weighted by molar-refractivity contribution is 7.26. The van der Waals surface area contributed by atoms with Crippen LogP contribution in [0.5, 0.6) is 0 Å². The molecule has 312 valence electrons. The summed E-state index contributed by atoms with van der Waals surface area (Å²) >= 11 is 3.73. The normalized spacial score (nSPS) is 12.2. The highest BCUT2D eigenvalue weighted by Gasteiger charge is 2.25. The van der Waals surface area contributed by atoms with E-state index < -0.39 is 0 Å². The second-order valence-electron chi connectivity index (χ2n) is 17.2. The van der Waals surface area contributed by atoms with E-state index in [0.717, 1.165) is 61.7 Å². The van der Waals surface area contributed by atoms with Crippen molar-refractivity contribution in [3.63, 3.8) is 0 Å². The molecule has 15 aromatic rings. The van der Waals surface area contributed by atoms with Gasteiger partial charge in [0.1, 0.15) is 0 Å². The van der Waals surface area contributed by atoms with E-state index in [1.54, 1.807) is 0 Å². The first-order valence-electron chi connectivity index (χ1n) is 22.4. The number of hydrogen-bond acceptors (Lipinski definition) is 5. The molecule has 0 saturated carbocycles. The lowest BCUT2D eigenvalue weighted by molar-refractivity contribution is 0.956. The summed E-state index contributed by atoms with van der Waals surface area (Å²) < 4.78 is 12.2. The standard InChI is InChI=1S/C59H34N6S2/c1-2-12-37(13-3-1)64-49-20-6-5-19-47(49)62-59(64)65-50-26-27-54-57(56(50)42-24-22-35(31-51(42)65)39-16-10-17-41-40-15-4-7-21-53(40)67-58(39)41)45-32-44-43-30-36(46-18-8-9-29-61-46)23-25-48(43)63(38-14-11-28-60-34-38)52(44)33-55(45)66-54/h1-34H. The van der Waals surface area contributed by atoms with Gasteiger partial charge in [0.15, 0.2) is 0 Å². The molecule has 0 amide bonds. The summed E-state index contributed by atoms with van der Waals surface area (Å²) in [5.41, 5.74) is 13.1. The molecule has 8 heteroatoms. The van der Waals surface area contributed by atoms with Gasteiger partial charge in [-0.15, -0.1) is 22.7 Å². The number of rotatable bonds is 5. The number of nitrogens with zero attached hydrogens (tertiary/aromatic N) is 6. The van der Waals surface area contributed by atoms with E-state index in [1.807, 2.05) is 53.4 Å². The van der Waals surface area contributed by atoms with Crippen molar-refractivity contribution in [3.05, 3.63) is 207 Å². The minimum Gasteiger partial charge on any atom is -0.308 e. The van der Waals surface area contributed by atoms with Gasteiger partial charge in [-0.1, -0.05) is 91.0 Å². The number of thiophene rings is 2. The third-order valence-corrected chi connectivity index (χ3v) is 15.9.